The van der Waals surface area contributed by atoms with E-state index in [4.69, 9.17) is 0 Å². The van der Waals surface area contributed by atoms with Gasteiger partial charge in [0, 0.05) is 32.7 Å². The highest BCUT2D eigenvalue weighted by Crippen LogP contribution is 2.34. The molecule has 0 atom stereocenters. The van der Waals surface area contributed by atoms with Gasteiger partial charge >= 0.3 is 0 Å². The van der Waals surface area contributed by atoms with Crippen LogP contribution in [0.15, 0.2) is 0 Å². The molecule has 2 heteroatoms. The van der Waals surface area contributed by atoms with E-state index < -0.39 is 0 Å². The van der Waals surface area contributed by atoms with E-state index in [9.17, 15) is 0 Å². The molecule has 0 spiro atoms. The minimum absolute atomic E-state index is 0.521. The molecule has 0 unspecified atom stereocenters. The Bertz CT molecular complexity index is 195. The summed E-state index contributed by atoms with van der Waals surface area (Å²) in [5.74, 6) is 1.89. The average Bonchev–Trinajstić information content (AvgIpc) is 1.88. The summed E-state index contributed by atoms with van der Waals surface area (Å²) in [6, 6.07) is 0. The third kappa shape index (κ3) is 2.12. The molecule has 2 nitrogen and oxygen atoms in total. The highest BCUT2D eigenvalue weighted by molar-refractivity contribution is 4.90. The summed E-state index contributed by atoms with van der Waals surface area (Å²) in [6.45, 7) is 13.8. The van der Waals surface area contributed by atoms with Gasteiger partial charge in [-0.2, -0.15) is 0 Å². The van der Waals surface area contributed by atoms with Crippen molar-refractivity contribution in [1.29, 1.82) is 0 Å². The van der Waals surface area contributed by atoms with Gasteiger partial charge in [0.25, 0.3) is 0 Å². The zero-order chi connectivity index (χ0) is 10.3. The molecule has 0 aliphatic carbocycles. The van der Waals surface area contributed by atoms with E-state index >= 15 is 0 Å². The summed E-state index contributed by atoms with van der Waals surface area (Å²) >= 11 is 0. The van der Waals surface area contributed by atoms with Crippen LogP contribution in [0.1, 0.15) is 20.8 Å². The maximum absolute atomic E-state index is 2.63. The van der Waals surface area contributed by atoms with Gasteiger partial charge < -0.3 is 9.80 Å². The summed E-state index contributed by atoms with van der Waals surface area (Å²) in [7, 11) is 2.21. The van der Waals surface area contributed by atoms with Gasteiger partial charge in [-0.15, -0.1) is 0 Å². The van der Waals surface area contributed by atoms with E-state index in [0.717, 1.165) is 11.8 Å². The van der Waals surface area contributed by atoms with Crippen molar-refractivity contribution in [1.82, 2.24) is 9.80 Å². The maximum Gasteiger partial charge on any atom is 0.00344 e. The van der Waals surface area contributed by atoms with Crippen LogP contribution >= 0.6 is 0 Å². The van der Waals surface area contributed by atoms with Gasteiger partial charge in [-0.1, -0.05) is 20.8 Å². The summed E-state index contributed by atoms with van der Waals surface area (Å²) < 4.78 is 0. The Labute approximate surface area is 88.3 Å². The Morgan fingerprint density at radius 1 is 1.07 bits per heavy atom. The number of likely N-dealkylation sites (tertiary alicyclic amines) is 2. The van der Waals surface area contributed by atoms with Crippen LogP contribution in [0.5, 0.6) is 0 Å². The molecule has 2 saturated heterocycles. The van der Waals surface area contributed by atoms with Crippen molar-refractivity contribution >= 4 is 0 Å². The first kappa shape index (κ1) is 10.4. The fraction of sp³-hybridized carbons (Fsp3) is 1.00. The monoisotopic (exact) mass is 196 g/mol. The summed E-state index contributed by atoms with van der Waals surface area (Å²) in [5.41, 5.74) is 0.521. The van der Waals surface area contributed by atoms with Gasteiger partial charge in [-0.25, -0.2) is 0 Å². The SMILES string of the molecule is CN1CC(CN2CC(C(C)(C)C)C2)C1. The van der Waals surface area contributed by atoms with Crippen molar-refractivity contribution in [3.8, 4) is 0 Å². The van der Waals surface area contributed by atoms with Crippen molar-refractivity contribution in [3.63, 3.8) is 0 Å². The highest BCUT2D eigenvalue weighted by Gasteiger charge is 2.37. The lowest BCUT2D eigenvalue weighted by atomic mass is 9.75. The van der Waals surface area contributed by atoms with E-state index in [-0.39, 0.29) is 0 Å². The highest BCUT2D eigenvalue weighted by atomic mass is 15.2. The Morgan fingerprint density at radius 3 is 2.07 bits per heavy atom. The smallest absolute Gasteiger partial charge is 0.00344 e. The van der Waals surface area contributed by atoms with Crippen LogP contribution in [0, 0.1) is 17.3 Å². The Balaban J connectivity index is 1.64. The fourth-order valence-electron chi connectivity index (χ4n) is 2.58. The van der Waals surface area contributed by atoms with Crippen LogP contribution in [-0.4, -0.2) is 49.6 Å². The average molecular weight is 196 g/mol. The molecule has 0 aromatic rings. The maximum atomic E-state index is 2.63. The van der Waals surface area contributed by atoms with Crippen molar-refractivity contribution < 1.29 is 0 Å². The lowest BCUT2D eigenvalue weighted by Gasteiger charge is -2.49. The molecule has 0 aromatic carbocycles. The summed E-state index contributed by atoms with van der Waals surface area (Å²) in [4.78, 5) is 5.04. The van der Waals surface area contributed by atoms with Crippen LogP contribution in [0.4, 0.5) is 0 Å². The predicted molar refractivity (Wildman–Crippen MR) is 60.4 cm³/mol. The quantitative estimate of drug-likeness (QED) is 0.661. The second kappa shape index (κ2) is 3.49. The van der Waals surface area contributed by atoms with Crippen LogP contribution in [0.2, 0.25) is 0 Å². The third-order valence-electron chi connectivity index (χ3n) is 3.84. The van der Waals surface area contributed by atoms with E-state index in [1.165, 1.54) is 32.7 Å². The lowest BCUT2D eigenvalue weighted by Crippen LogP contribution is -2.57. The molecule has 0 amide bonds. The zero-order valence-electron chi connectivity index (χ0n) is 10.1. The van der Waals surface area contributed by atoms with Gasteiger partial charge in [-0.3, -0.25) is 0 Å². The summed E-state index contributed by atoms with van der Waals surface area (Å²) in [6.07, 6.45) is 0. The molecule has 0 aromatic heterocycles. The molecule has 2 fully saturated rings. The predicted octanol–water partition coefficient (Wildman–Crippen LogP) is 1.53. The molecule has 14 heavy (non-hydrogen) atoms. The second-order valence-electron chi connectivity index (χ2n) is 6.37. The minimum atomic E-state index is 0.521. The van der Waals surface area contributed by atoms with Crippen LogP contribution in [0.25, 0.3) is 0 Å². The first-order chi connectivity index (χ1) is 6.45. The van der Waals surface area contributed by atoms with Gasteiger partial charge in [0.2, 0.25) is 0 Å². The molecule has 0 radical (unpaired) electrons. The van der Waals surface area contributed by atoms with Crippen LogP contribution in [0.3, 0.4) is 0 Å². The topological polar surface area (TPSA) is 6.48 Å². The largest absolute Gasteiger partial charge is 0.306 e. The lowest BCUT2D eigenvalue weighted by molar-refractivity contribution is -0.00919. The van der Waals surface area contributed by atoms with Crippen molar-refractivity contribution in [2.45, 2.75) is 20.8 Å². The van der Waals surface area contributed by atoms with E-state index in [0.29, 0.717) is 5.41 Å². The van der Waals surface area contributed by atoms with Crippen LogP contribution in [-0.2, 0) is 0 Å². The Kier molecular flexibility index (Phi) is 2.61. The van der Waals surface area contributed by atoms with Crippen molar-refractivity contribution in [3.05, 3.63) is 0 Å². The summed E-state index contributed by atoms with van der Waals surface area (Å²) in [5, 5.41) is 0. The molecule has 0 N–H and O–H groups in total. The number of hydrogen-bond acceptors (Lipinski definition) is 2. The molecule has 2 aliphatic heterocycles. The molecule has 0 bridgehead atoms. The molecule has 0 saturated carbocycles. The number of nitrogens with zero attached hydrogens (tertiary/aromatic N) is 2. The third-order valence-corrected chi connectivity index (χ3v) is 3.84. The van der Waals surface area contributed by atoms with Gasteiger partial charge in [0.05, 0.1) is 0 Å². The van der Waals surface area contributed by atoms with Crippen LogP contribution < -0.4 is 0 Å². The second-order valence-corrected chi connectivity index (χ2v) is 6.37. The first-order valence-corrected chi connectivity index (χ1v) is 5.86. The molecule has 2 aliphatic rings. The normalized spacial score (nSPS) is 27.4. The molecular weight excluding hydrogens is 172 g/mol. The van der Waals surface area contributed by atoms with Gasteiger partial charge in [0.1, 0.15) is 0 Å². The van der Waals surface area contributed by atoms with Gasteiger partial charge in [0.15, 0.2) is 0 Å². The molecular formula is C12H24N2. The Hall–Kier alpha value is -0.0800. The number of rotatable bonds is 2. The Morgan fingerprint density at radius 2 is 1.64 bits per heavy atom. The standard InChI is InChI=1S/C12H24N2/c1-12(2,3)11-8-14(9-11)7-10-5-13(4)6-10/h10-11H,5-9H2,1-4H3. The van der Waals surface area contributed by atoms with E-state index in [2.05, 4.69) is 37.6 Å². The van der Waals surface area contributed by atoms with Gasteiger partial charge in [-0.05, 0) is 24.3 Å². The van der Waals surface area contributed by atoms with E-state index in [1.54, 1.807) is 0 Å². The first-order valence-electron chi connectivity index (χ1n) is 5.86. The molecule has 2 rings (SSSR count). The number of hydrogen-bond donors (Lipinski definition) is 0. The van der Waals surface area contributed by atoms with E-state index in [1.807, 2.05) is 0 Å². The minimum Gasteiger partial charge on any atom is -0.306 e. The zero-order valence-corrected chi connectivity index (χ0v) is 10.1. The molecule has 2 heterocycles. The van der Waals surface area contributed by atoms with Crippen molar-refractivity contribution in [2.75, 3.05) is 39.8 Å². The molecule has 82 valence electrons. The van der Waals surface area contributed by atoms with Crippen molar-refractivity contribution in [2.24, 2.45) is 17.3 Å². The fourth-order valence-corrected chi connectivity index (χ4v) is 2.58.